The van der Waals surface area contributed by atoms with Gasteiger partial charge in [-0.15, -0.1) is 11.3 Å². The van der Waals surface area contributed by atoms with Crippen molar-refractivity contribution in [1.29, 1.82) is 0 Å². The SMILES string of the molecule is CC1CCCC1NC(=O)c1sc2ncccc2c1N. The molecule has 2 heterocycles. The molecular formula is C14H17N3OS. The number of nitrogens with zero attached hydrogens (tertiary/aromatic N) is 1. The van der Waals surface area contributed by atoms with Gasteiger partial charge in [-0.2, -0.15) is 0 Å². The van der Waals surface area contributed by atoms with Crippen LogP contribution in [0.3, 0.4) is 0 Å². The lowest BCUT2D eigenvalue weighted by Gasteiger charge is -2.16. The second-order valence-corrected chi connectivity index (χ2v) is 6.19. The van der Waals surface area contributed by atoms with Crippen LogP contribution in [0, 0.1) is 5.92 Å². The third-order valence-electron chi connectivity index (χ3n) is 3.89. The summed E-state index contributed by atoms with van der Waals surface area (Å²) >= 11 is 1.37. The Morgan fingerprint density at radius 1 is 1.53 bits per heavy atom. The maximum absolute atomic E-state index is 12.3. The molecule has 1 aliphatic rings. The Bertz CT molecular complexity index is 622. The molecule has 0 aliphatic heterocycles. The number of thiophene rings is 1. The predicted molar refractivity (Wildman–Crippen MR) is 78.3 cm³/mol. The van der Waals surface area contributed by atoms with Crippen LogP contribution in [-0.2, 0) is 0 Å². The molecule has 1 fully saturated rings. The average molecular weight is 275 g/mol. The molecule has 5 heteroatoms. The van der Waals surface area contributed by atoms with E-state index in [4.69, 9.17) is 5.73 Å². The van der Waals surface area contributed by atoms with Gasteiger partial charge in [0.25, 0.3) is 5.91 Å². The minimum atomic E-state index is -0.0562. The Balaban J connectivity index is 1.87. The second kappa shape index (κ2) is 4.81. The molecule has 1 aliphatic carbocycles. The topological polar surface area (TPSA) is 68.0 Å². The lowest BCUT2D eigenvalue weighted by atomic mass is 10.1. The van der Waals surface area contributed by atoms with E-state index in [1.807, 2.05) is 12.1 Å². The highest BCUT2D eigenvalue weighted by atomic mass is 32.1. The Morgan fingerprint density at radius 3 is 3.05 bits per heavy atom. The first-order valence-electron chi connectivity index (χ1n) is 6.60. The summed E-state index contributed by atoms with van der Waals surface area (Å²) in [5.41, 5.74) is 6.61. The van der Waals surface area contributed by atoms with Crippen LogP contribution in [0.1, 0.15) is 35.9 Å². The summed E-state index contributed by atoms with van der Waals surface area (Å²) in [5, 5.41) is 3.98. The van der Waals surface area contributed by atoms with Gasteiger partial charge in [-0.05, 0) is 30.9 Å². The van der Waals surface area contributed by atoms with Gasteiger partial charge < -0.3 is 11.1 Å². The van der Waals surface area contributed by atoms with E-state index >= 15 is 0 Å². The van der Waals surface area contributed by atoms with E-state index in [9.17, 15) is 4.79 Å². The van der Waals surface area contributed by atoms with E-state index in [1.54, 1.807) is 6.20 Å². The van der Waals surface area contributed by atoms with Crippen molar-refractivity contribution >= 4 is 33.1 Å². The molecule has 100 valence electrons. The molecule has 4 nitrogen and oxygen atoms in total. The minimum absolute atomic E-state index is 0.0562. The summed E-state index contributed by atoms with van der Waals surface area (Å²) < 4.78 is 0. The van der Waals surface area contributed by atoms with Crippen LogP contribution in [0.25, 0.3) is 10.2 Å². The van der Waals surface area contributed by atoms with Gasteiger partial charge in [0.05, 0.1) is 5.69 Å². The Labute approximate surface area is 116 Å². The van der Waals surface area contributed by atoms with Crippen molar-refractivity contribution in [2.45, 2.75) is 32.2 Å². The number of nitrogens with one attached hydrogen (secondary N) is 1. The maximum atomic E-state index is 12.3. The first kappa shape index (κ1) is 12.4. The minimum Gasteiger partial charge on any atom is -0.397 e. The van der Waals surface area contributed by atoms with Gasteiger partial charge >= 0.3 is 0 Å². The highest BCUT2D eigenvalue weighted by molar-refractivity contribution is 7.21. The van der Waals surface area contributed by atoms with Crippen molar-refractivity contribution in [3.63, 3.8) is 0 Å². The molecule has 2 atom stereocenters. The van der Waals surface area contributed by atoms with Gasteiger partial charge in [-0.1, -0.05) is 13.3 Å². The fraction of sp³-hybridized carbons (Fsp3) is 0.429. The van der Waals surface area contributed by atoms with Crippen molar-refractivity contribution in [3.05, 3.63) is 23.2 Å². The second-order valence-electron chi connectivity index (χ2n) is 5.19. The summed E-state index contributed by atoms with van der Waals surface area (Å²) in [7, 11) is 0. The van der Waals surface area contributed by atoms with Crippen LogP contribution >= 0.6 is 11.3 Å². The van der Waals surface area contributed by atoms with E-state index in [0.717, 1.165) is 16.6 Å². The third kappa shape index (κ3) is 2.18. The highest BCUT2D eigenvalue weighted by Crippen LogP contribution is 2.32. The number of anilines is 1. The maximum Gasteiger partial charge on any atom is 0.263 e. The normalized spacial score (nSPS) is 22.8. The van der Waals surface area contributed by atoms with E-state index in [2.05, 4.69) is 17.2 Å². The molecule has 1 saturated carbocycles. The molecule has 0 radical (unpaired) electrons. The number of carbonyl (C=O) groups excluding carboxylic acids is 1. The molecule has 2 aromatic rings. The van der Waals surface area contributed by atoms with Gasteiger partial charge in [0.15, 0.2) is 0 Å². The molecule has 0 saturated heterocycles. The molecule has 3 rings (SSSR count). The van der Waals surface area contributed by atoms with E-state index in [0.29, 0.717) is 16.5 Å². The van der Waals surface area contributed by atoms with Crippen LogP contribution in [0.2, 0.25) is 0 Å². The average Bonchev–Trinajstić information content (AvgIpc) is 2.95. The van der Waals surface area contributed by atoms with Crippen molar-refractivity contribution in [2.24, 2.45) is 5.92 Å². The number of rotatable bonds is 2. The number of aromatic nitrogens is 1. The molecule has 2 aromatic heterocycles. The monoisotopic (exact) mass is 275 g/mol. The third-order valence-corrected chi connectivity index (χ3v) is 5.02. The summed E-state index contributed by atoms with van der Waals surface area (Å²) in [6, 6.07) is 4.03. The number of nitrogen functional groups attached to an aromatic ring is 1. The Morgan fingerprint density at radius 2 is 2.37 bits per heavy atom. The van der Waals surface area contributed by atoms with Crippen LogP contribution < -0.4 is 11.1 Å². The number of pyridine rings is 1. The van der Waals surface area contributed by atoms with E-state index in [1.165, 1.54) is 24.2 Å². The predicted octanol–water partition coefficient (Wildman–Crippen LogP) is 2.80. The fourth-order valence-corrected chi connectivity index (χ4v) is 3.68. The zero-order valence-corrected chi connectivity index (χ0v) is 11.7. The van der Waals surface area contributed by atoms with E-state index < -0.39 is 0 Å². The van der Waals surface area contributed by atoms with E-state index in [-0.39, 0.29) is 11.9 Å². The van der Waals surface area contributed by atoms with Gasteiger partial charge in [0, 0.05) is 17.6 Å². The fourth-order valence-electron chi connectivity index (χ4n) is 2.71. The highest BCUT2D eigenvalue weighted by Gasteiger charge is 2.26. The van der Waals surface area contributed by atoms with Gasteiger partial charge in [0.1, 0.15) is 9.71 Å². The van der Waals surface area contributed by atoms with Crippen LogP contribution in [-0.4, -0.2) is 16.9 Å². The number of nitrogens with two attached hydrogens (primary N) is 1. The first-order chi connectivity index (χ1) is 9.16. The molecular weight excluding hydrogens is 258 g/mol. The standard InChI is InChI=1S/C14H17N3OS/c1-8-4-2-6-10(8)17-13(18)12-11(15)9-5-3-7-16-14(9)19-12/h3,5,7-8,10H,2,4,6,15H2,1H3,(H,17,18). The van der Waals surface area contributed by atoms with Gasteiger partial charge in [0.2, 0.25) is 0 Å². The molecule has 3 N–H and O–H groups in total. The zero-order chi connectivity index (χ0) is 13.4. The number of carbonyl (C=O) groups is 1. The van der Waals surface area contributed by atoms with Crippen molar-refractivity contribution < 1.29 is 4.79 Å². The van der Waals surface area contributed by atoms with Crippen LogP contribution in [0.4, 0.5) is 5.69 Å². The number of hydrogen-bond donors (Lipinski definition) is 2. The van der Waals surface area contributed by atoms with Gasteiger partial charge in [-0.3, -0.25) is 4.79 Å². The number of fused-ring (bicyclic) bond motifs is 1. The first-order valence-corrected chi connectivity index (χ1v) is 7.42. The Hall–Kier alpha value is -1.62. The quantitative estimate of drug-likeness (QED) is 0.885. The molecule has 0 spiro atoms. The summed E-state index contributed by atoms with van der Waals surface area (Å²) in [6.07, 6.45) is 5.17. The van der Waals surface area contributed by atoms with Crippen LogP contribution in [0.15, 0.2) is 18.3 Å². The molecule has 2 unspecified atom stereocenters. The molecule has 19 heavy (non-hydrogen) atoms. The summed E-state index contributed by atoms with van der Waals surface area (Å²) in [6.45, 7) is 2.19. The number of amides is 1. The number of hydrogen-bond acceptors (Lipinski definition) is 4. The van der Waals surface area contributed by atoms with Crippen molar-refractivity contribution in [3.8, 4) is 0 Å². The largest absolute Gasteiger partial charge is 0.397 e. The van der Waals surface area contributed by atoms with Crippen molar-refractivity contribution in [1.82, 2.24) is 10.3 Å². The van der Waals surface area contributed by atoms with Crippen molar-refractivity contribution in [2.75, 3.05) is 5.73 Å². The van der Waals surface area contributed by atoms with Gasteiger partial charge in [-0.25, -0.2) is 4.98 Å². The summed E-state index contributed by atoms with van der Waals surface area (Å²) in [4.78, 5) is 18.0. The smallest absolute Gasteiger partial charge is 0.263 e. The lowest BCUT2D eigenvalue weighted by Crippen LogP contribution is -2.36. The lowest BCUT2D eigenvalue weighted by molar-refractivity contribution is 0.0934. The molecule has 0 bridgehead atoms. The molecule has 1 amide bonds. The molecule has 0 aromatic carbocycles. The van der Waals surface area contributed by atoms with Crippen LogP contribution in [0.5, 0.6) is 0 Å². The zero-order valence-electron chi connectivity index (χ0n) is 10.8. The summed E-state index contributed by atoms with van der Waals surface area (Å²) in [5.74, 6) is 0.497. The Kier molecular flexibility index (Phi) is 3.14.